The summed E-state index contributed by atoms with van der Waals surface area (Å²) in [4.78, 5) is 28.6. The van der Waals surface area contributed by atoms with Gasteiger partial charge in [0.15, 0.2) is 5.78 Å². The average molecular weight is 445 g/mol. The Kier molecular flexibility index (Phi) is 7.37. The molecule has 2 N–H and O–H groups in total. The first-order valence-electron chi connectivity index (χ1n) is 11.2. The molecule has 1 aliphatic rings. The molecular formula is C27H28N2O4. The van der Waals surface area contributed by atoms with Crippen LogP contribution in [0.5, 0.6) is 5.75 Å². The van der Waals surface area contributed by atoms with Crippen molar-refractivity contribution in [3.63, 3.8) is 0 Å². The number of para-hydroxylation sites is 1. The van der Waals surface area contributed by atoms with Gasteiger partial charge in [-0.3, -0.25) is 9.59 Å². The SMILES string of the molecule is O=C(NC(Cc1ccc(O)cc1)C(=O)Cc1ccccc1N1CCOCC1)c1ccccc1. The summed E-state index contributed by atoms with van der Waals surface area (Å²) in [5.41, 5.74) is 3.34. The molecule has 1 fully saturated rings. The summed E-state index contributed by atoms with van der Waals surface area (Å²) in [6, 6.07) is 22.8. The van der Waals surface area contributed by atoms with E-state index in [1.54, 1.807) is 48.5 Å². The van der Waals surface area contributed by atoms with Gasteiger partial charge in [-0.25, -0.2) is 0 Å². The van der Waals surface area contributed by atoms with E-state index in [-0.39, 0.29) is 23.9 Å². The standard InChI is InChI=1S/C27H28N2O4/c30-23-12-10-20(11-13-23)18-24(28-27(32)21-6-2-1-3-7-21)26(31)19-22-8-4-5-9-25(22)29-14-16-33-17-15-29/h1-13,24,30H,14-19H2,(H,28,32). The number of phenols is 1. The topological polar surface area (TPSA) is 78.9 Å². The lowest BCUT2D eigenvalue weighted by molar-refractivity contribution is -0.120. The first-order chi connectivity index (χ1) is 16.1. The molecule has 1 saturated heterocycles. The Hall–Kier alpha value is -3.64. The molecule has 0 aliphatic carbocycles. The van der Waals surface area contributed by atoms with Crippen molar-refractivity contribution in [2.45, 2.75) is 18.9 Å². The van der Waals surface area contributed by atoms with Crippen LogP contribution >= 0.6 is 0 Å². The Morgan fingerprint density at radius 2 is 1.58 bits per heavy atom. The first kappa shape index (κ1) is 22.6. The molecule has 4 rings (SSSR count). The summed E-state index contributed by atoms with van der Waals surface area (Å²) in [5.74, 6) is -0.184. The molecule has 3 aromatic carbocycles. The molecule has 0 radical (unpaired) electrons. The van der Waals surface area contributed by atoms with Crippen molar-refractivity contribution in [1.29, 1.82) is 0 Å². The van der Waals surface area contributed by atoms with Gasteiger partial charge in [0.25, 0.3) is 5.91 Å². The minimum Gasteiger partial charge on any atom is -0.508 e. The maximum Gasteiger partial charge on any atom is 0.251 e. The zero-order chi connectivity index (χ0) is 23.0. The van der Waals surface area contributed by atoms with Crippen LogP contribution in [-0.2, 0) is 22.4 Å². The Labute approximate surface area is 193 Å². The van der Waals surface area contributed by atoms with Crippen molar-refractivity contribution in [1.82, 2.24) is 5.32 Å². The molecule has 6 nitrogen and oxygen atoms in total. The van der Waals surface area contributed by atoms with E-state index in [1.807, 2.05) is 30.3 Å². The van der Waals surface area contributed by atoms with Crippen LogP contribution in [0.15, 0.2) is 78.9 Å². The molecule has 1 atom stereocenters. The van der Waals surface area contributed by atoms with E-state index in [1.165, 1.54) is 0 Å². The highest BCUT2D eigenvalue weighted by Gasteiger charge is 2.24. The number of amides is 1. The van der Waals surface area contributed by atoms with E-state index >= 15 is 0 Å². The van der Waals surface area contributed by atoms with Gasteiger partial charge in [-0.2, -0.15) is 0 Å². The number of aromatic hydroxyl groups is 1. The Balaban J connectivity index is 1.55. The summed E-state index contributed by atoms with van der Waals surface area (Å²) >= 11 is 0. The van der Waals surface area contributed by atoms with Crippen LogP contribution in [0.1, 0.15) is 21.5 Å². The van der Waals surface area contributed by atoms with Gasteiger partial charge >= 0.3 is 0 Å². The Morgan fingerprint density at radius 3 is 2.30 bits per heavy atom. The third kappa shape index (κ3) is 5.99. The maximum absolute atomic E-state index is 13.5. The van der Waals surface area contributed by atoms with Crippen molar-refractivity contribution in [2.24, 2.45) is 0 Å². The third-order valence-electron chi connectivity index (χ3n) is 5.81. The number of benzene rings is 3. The van der Waals surface area contributed by atoms with E-state index in [2.05, 4.69) is 10.2 Å². The number of ether oxygens (including phenoxy) is 1. The van der Waals surface area contributed by atoms with Crippen molar-refractivity contribution in [2.75, 3.05) is 31.2 Å². The summed E-state index contributed by atoms with van der Waals surface area (Å²) in [6.45, 7) is 2.90. The molecule has 1 unspecified atom stereocenters. The van der Waals surface area contributed by atoms with E-state index in [4.69, 9.17) is 4.74 Å². The van der Waals surface area contributed by atoms with E-state index in [9.17, 15) is 14.7 Å². The first-order valence-corrected chi connectivity index (χ1v) is 11.2. The normalized spacial score (nSPS) is 14.5. The van der Waals surface area contributed by atoms with Gasteiger partial charge in [0.1, 0.15) is 5.75 Å². The minimum absolute atomic E-state index is 0.0620. The quantitative estimate of drug-likeness (QED) is 0.557. The molecular weight excluding hydrogens is 416 g/mol. The van der Waals surface area contributed by atoms with Crippen molar-refractivity contribution in [3.05, 3.63) is 95.6 Å². The number of carbonyl (C=O) groups excluding carboxylic acids is 2. The minimum atomic E-state index is -0.694. The van der Waals surface area contributed by atoms with E-state index < -0.39 is 6.04 Å². The second-order valence-corrected chi connectivity index (χ2v) is 8.13. The summed E-state index contributed by atoms with van der Waals surface area (Å²) in [7, 11) is 0. The molecule has 0 saturated carbocycles. The summed E-state index contributed by atoms with van der Waals surface area (Å²) in [6.07, 6.45) is 0.558. The van der Waals surface area contributed by atoms with Gasteiger partial charge < -0.3 is 20.1 Å². The van der Waals surface area contributed by atoms with Gasteiger partial charge in [0.05, 0.1) is 19.3 Å². The zero-order valence-corrected chi connectivity index (χ0v) is 18.4. The Morgan fingerprint density at radius 1 is 0.909 bits per heavy atom. The lowest BCUT2D eigenvalue weighted by Crippen LogP contribution is -2.43. The largest absolute Gasteiger partial charge is 0.508 e. The van der Waals surface area contributed by atoms with Gasteiger partial charge in [-0.15, -0.1) is 0 Å². The van der Waals surface area contributed by atoms with Crippen LogP contribution in [0.2, 0.25) is 0 Å². The number of morpholine rings is 1. The summed E-state index contributed by atoms with van der Waals surface area (Å²) < 4.78 is 5.47. The lowest BCUT2D eigenvalue weighted by atomic mass is 9.96. The highest BCUT2D eigenvalue weighted by atomic mass is 16.5. The van der Waals surface area contributed by atoms with E-state index in [0.29, 0.717) is 25.2 Å². The monoisotopic (exact) mass is 444 g/mol. The van der Waals surface area contributed by atoms with Gasteiger partial charge in [-0.1, -0.05) is 48.5 Å². The molecule has 1 heterocycles. The van der Waals surface area contributed by atoms with Gasteiger partial charge in [0, 0.05) is 30.8 Å². The molecule has 3 aromatic rings. The number of ketones is 1. The lowest BCUT2D eigenvalue weighted by Gasteiger charge is -2.30. The molecule has 0 aromatic heterocycles. The molecule has 170 valence electrons. The fraction of sp³-hybridized carbons (Fsp3) is 0.259. The van der Waals surface area contributed by atoms with Crippen molar-refractivity contribution < 1.29 is 19.4 Å². The molecule has 1 amide bonds. The second-order valence-electron chi connectivity index (χ2n) is 8.13. The number of Topliss-reactive ketones (excluding diaryl/α,β-unsaturated/α-hetero) is 1. The number of carbonyl (C=O) groups is 2. The van der Waals surface area contributed by atoms with Gasteiger partial charge in [0.2, 0.25) is 0 Å². The number of phenolic OH excluding ortho intramolecular Hbond substituents is 1. The van der Waals surface area contributed by atoms with Crippen LogP contribution < -0.4 is 10.2 Å². The molecule has 0 spiro atoms. The average Bonchev–Trinajstić information content (AvgIpc) is 2.86. The third-order valence-corrected chi connectivity index (χ3v) is 5.81. The molecule has 1 aliphatic heterocycles. The highest BCUT2D eigenvalue weighted by Crippen LogP contribution is 2.23. The van der Waals surface area contributed by atoms with Crippen LogP contribution in [0.25, 0.3) is 0 Å². The zero-order valence-electron chi connectivity index (χ0n) is 18.4. The maximum atomic E-state index is 13.5. The second kappa shape index (κ2) is 10.8. The van der Waals surface area contributed by atoms with Gasteiger partial charge in [-0.05, 0) is 47.9 Å². The fourth-order valence-corrected chi connectivity index (χ4v) is 4.03. The highest BCUT2D eigenvalue weighted by molar-refractivity contribution is 5.98. The van der Waals surface area contributed by atoms with Crippen LogP contribution in [-0.4, -0.2) is 49.1 Å². The summed E-state index contributed by atoms with van der Waals surface area (Å²) in [5, 5.41) is 12.5. The van der Waals surface area contributed by atoms with Crippen LogP contribution in [0.4, 0.5) is 5.69 Å². The predicted molar refractivity (Wildman–Crippen MR) is 128 cm³/mol. The number of rotatable bonds is 8. The number of nitrogens with zero attached hydrogens (tertiary/aromatic N) is 1. The number of hydrogen-bond acceptors (Lipinski definition) is 5. The van der Waals surface area contributed by atoms with Crippen LogP contribution in [0.3, 0.4) is 0 Å². The fourth-order valence-electron chi connectivity index (χ4n) is 4.03. The number of nitrogens with one attached hydrogen (secondary N) is 1. The van der Waals surface area contributed by atoms with Crippen molar-refractivity contribution >= 4 is 17.4 Å². The Bertz CT molecular complexity index is 1080. The van der Waals surface area contributed by atoms with Crippen LogP contribution in [0, 0.1) is 0 Å². The number of hydrogen-bond donors (Lipinski definition) is 2. The van der Waals surface area contributed by atoms with Crippen molar-refractivity contribution in [3.8, 4) is 5.75 Å². The molecule has 33 heavy (non-hydrogen) atoms. The molecule has 6 heteroatoms. The smallest absolute Gasteiger partial charge is 0.251 e. The molecule has 0 bridgehead atoms. The number of anilines is 1. The predicted octanol–water partition coefficient (Wildman–Crippen LogP) is 3.38. The van der Waals surface area contributed by atoms with E-state index in [0.717, 1.165) is 29.9 Å².